The Morgan fingerprint density at radius 2 is 1.85 bits per heavy atom. The molecule has 0 saturated carbocycles. The van der Waals surface area contributed by atoms with E-state index >= 15 is 0 Å². The highest BCUT2D eigenvalue weighted by atomic mass is 35.5. The van der Waals surface area contributed by atoms with Crippen LogP contribution < -0.4 is 14.2 Å². The van der Waals surface area contributed by atoms with Gasteiger partial charge in [0.15, 0.2) is 5.76 Å². The monoisotopic (exact) mass is 479 g/mol. The van der Waals surface area contributed by atoms with Crippen molar-refractivity contribution in [1.29, 1.82) is 0 Å². The van der Waals surface area contributed by atoms with Crippen LogP contribution in [0, 0.1) is 0 Å². The van der Waals surface area contributed by atoms with E-state index in [0.717, 1.165) is 27.8 Å². The molecule has 0 saturated heterocycles. The van der Waals surface area contributed by atoms with E-state index in [4.69, 9.17) is 37.4 Å². The van der Waals surface area contributed by atoms with Gasteiger partial charge >= 0.3 is 0 Å². The van der Waals surface area contributed by atoms with E-state index in [2.05, 4.69) is 0 Å². The van der Waals surface area contributed by atoms with E-state index in [-0.39, 0.29) is 18.1 Å². The van der Waals surface area contributed by atoms with Crippen LogP contribution in [0.4, 0.5) is 0 Å². The summed E-state index contributed by atoms with van der Waals surface area (Å²) < 4.78 is 19.1. The van der Waals surface area contributed by atoms with E-state index in [0.29, 0.717) is 27.1 Å². The number of ketones is 1. The van der Waals surface area contributed by atoms with Crippen molar-refractivity contribution < 1.29 is 19.0 Å². The third-order valence-corrected chi connectivity index (χ3v) is 6.15. The van der Waals surface area contributed by atoms with Crippen LogP contribution in [0.5, 0.6) is 17.2 Å². The second-order valence-corrected chi connectivity index (χ2v) is 8.54. The second kappa shape index (κ2) is 8.50. The van der Waals surface area contributed by atoms with Crippen LogP contribution in [0.2, 0.25) is 10.0 Å². The van der Waals surface area contributed by atoms with Gasteiger partial charge in [-0.1, -0.05) is 29.3 Å². The zero-order chi connectivity index (χ0) is 23.1. The number of carbonyl (C=O) groups excluding carboxylic acids is 1. The largest absolute Gasteiger partial charge is 0.497 e. The van der Waals surface area contributed by atoms with Crippen molar-refractivity contribution in [2.24, 2.45) is 7.05 Å². The van der Waals surface area contributed by atoms with Crippen LogP contribution in [0.3, 0.4) is 0 Å². The maximum Gasteiger partial charge on any atom is 0.231 e. The highest BCUT2D eigenvalue weighted by Crippen LogP contribution is 2.36. The van der Waals surface area contributed by atoms with Gasteiger partial charge in [0, 0.05) is 51.4 Å². The molecular formula is C26H19Cl2NO4. The van der Waals surface area contributed by atoms with Crippen LogP contribution in [-0.4, -0.2) is 17.5 Å². The molecule has 3 aromatic carbocycles. The van der Waals surface area contributed by atoms with Crippen molar-refractivity contribution in [3.8, 4) is 17.2 Å². The van der Waals surface area contributed by atoms with E-state index < -0.39 is 0 Å². The number of aryl methyl sites for hydroxylation is 1. The summed E-state index contributed by atoms with van der Waals surface area (Å²) in [5.74, 6) is 1.88. The molecule has 0 N–H and O–H groups in total. The van der Waals surface area contributed by atoms with Gasteiger partial charge in [0.05, 0.1) is 12.7 Å². The third-order valence-electron chi connectivity index (χ3n) is 5.56. The lowest BCUT2D eigenvalue weighted by atomic mass is 10.1. The van der Waals surface area contributed by atoms with Gasteiger partial charge in [-0.25, -0.2) is 0 Å². The molecule has 1 aliphatic rings. The molecule has 1 aliphatic heterocycles. The highest BCUT2D eigenvalue weighted by Gasteiger charge is 2.28. The molecule has 7 heteroatoms. The summed E-state index contributed by atoms with van der Waals surface area (Å²) in [7, 11) is 3.59. The van der Waals surface area contributed by atoms with Crippen LogP contribution in [-0.2, 0) is 13.7 Å². The van der Waals surface area contributed by atoms with Crippen molar-refractivity contribution in [2.45, 2.75) is 6.61 Å². The minimum atomic E-state index is -0.169. The van der Waals surface area contributed by atoms with Crippen LogP contribution >= 0.6 is 23.2 Å². The minimum Gasteiger partial charge on any atom is -0.497 e. The molecule has 0 bridgehead atoms. The molecule has 0 atom stereocenters. The topological polar surface area (TPSA) is 49.7 Å². The Hall–Kier alpha value is -3.41. The molecule has 4 aromatic rings. The van der Waals surface area contributed by atoms with Gasteiger partial charge in [-0.3, -0.25) is 4.79 Å². The third kappa shape index (κ3) is 4.06. The zero-order valence-corrected chi connectivity index (χ0v) is 19.4. The first-order chi connectivity index (χ1) is 15.9. The smallest absolute Gasteiger partial charge is 0.231 e. The van der Waals surface area contributed by atoms with Gasteiger partial charge in [0.25, 0.3) is 0 Å². The second-order valence-electron chi connectivity index (χ2n) is 7.70. The molecule has 166 valence electrons. The molecule has 2 heterocycles. The average molecular weight is 480 g/mol. The molecule has 0 amide bonds. The lowest BCUT2D eigenvalue weighted by molar-refractivity contribution is 0.101. The zero-order valence-electron chi connectivity index (χ0n) is 17.9. The number of ether oxygens (including phenoxy) is 3. The molecule has 0 radical (unpaired) electrons. The fourth-order valence-electron chi connectivity index (χ4n) is 3.84. The Kier molecular flexibility index (Phi) is 5.52. The number of allylic oxidation sites excluding steroid dienone is 1. The molecule has 0 aliphatic carbocycles. The van der Waals surface area contributed by atoms with Gasteiger partial charge in [0.1, 0.15) is 23.9 Å². The summed E-state index contributed by atoms with van der Waals surface area (Å²) in [6.07, 6.45) is 3.72. The average Bonchev–Trinajstić information content (AvgIpc) is 3.28. The lowest BCUT2D eigenvalue weighted by Crippen LogP contribution is -1.98. The Labute approximate surface area is 200 Å². The van der Waals surface area contributed by atoms with Crippen molar-refractivity contribution in [3.63, 3.8) is 0 Å². The van der Waals surface area contributed by atoms with Gasteiger partial charge < -0.3 is 18.8 Å². The number of hydrogen-bond acceptors (Lipinski definition) is 4. The molecule has 5 nitrogen and oxygen atoms in total. The molecule has 1 aromatic heterocycles. The van der Waals surface area contributed by atoms with Gasteiger partial charge in [0.2, 0.25) is 5.78 Å². The Morgan fingerprint density at radius 1 is 1.03 bits per heavy atom. The predicted molar refractivity (Wildman–Crippen MR) is 130 cm³/mol. The van der Waals surface area contributed by atoms with Crippen LogP contribution in [0.25, 0.3) is 17.0 Å². The number of carbonyl (C=O) groups is 1. The first-order valence-electron chi connectivity index (χ1n) is 10.2. The summed E-state index contributed by atoms with van der Waals surface area (Å²) in [6, 6.07) is 16.3. The van der Waals surface area contributed by atoms with E-state index in [1.54, 1.807) is 43.5 Å². The Bertz CT molecular complexity index is 1440. The maximum absolute atomic E-state index is 12.9. The Balaban J connectivity index is 1.40. The van der Waals surface area contributed by atoms with Crippen molar-refractivity contribution in [1.82, 2.24) is 4.57 Å². The Morgan fingerprint density at radius 3 is 2.64 bits per heavy atom. The van der Waals surface area contributed by atoms with E-state index in [1.807, 2.05) is 42.1 Å². The molecule has 0 spiro atoms. The van der Waals surface area contributed by atoms with Gasteiger partial charge in [-0.05, 0) is 48.5 Å². The minimum absolute atomic E-state index is 0.169. The van der Waals surface area contributed by atoms with Gasteiger partial charge in [-0.2, -0.15) is 0 Å². The van der Waals surface area contributed by atoms with Gasteiger partial charge in [-0.15, -0.1) is 0 Å². The first-order valence-corrected chi connectivity index (χ1v) is 11.0. The van der Waals surface area contributed by atoms with Crippen molar-refractivity contribution in [3.05, 3.63) is 93.3 Å². The number of rotatable bonds is 5. The summed E-state index contributed by atoms with van der Waals surface area (Å²) in [5, 5.41) is 2.07. The number of benzene rings is 3. The summed E-state index contributed by atoms with van der Waals surface area (Å²) in [4.78, 5) is 12.9. The first kappa shape index (κ1) is 21.4. The molecule has 0 fully saturated rings. The number of aromatic nitrogens is 1. The number of fused-ring (bicyclic) bond motifs is 2. The fourth-order valence-corrected chi connectivity index (χ4v) is 4.30. The predicted octanol–water partition coefficient (Wildman–Crippen LogP) is 6.69. The quantitative estimate of drug-likeness (QED) is 0.299. The van der Waals surface area contributed by atoms with E-state index in [9.17, 15) is 4.79 Å². The van der Waals surface area contributed by atoms with Crippen molar-refractivity contribution >= 4 is 46.0 Å². The highest BCUT2D eigenvalue weighted by molar-refractivity contribution is 6.35. The molecule has 33 heavy (non-hydrogen) atoms. The van der Waals surface area contributed by atoms with Crippen molar-refractivity contribution in [2.75, 3.05) is 7.11 Å². The van der Waals surface area contributed by atoms with E-state index in [1.165, 1.54) is 0 Å². The lowest BCUT2D eigenvalue weighted by Gasteiger charge is -2.09. The maximum atomic E-state index is 12.9. The molecular weight excluding hydrogens is 461 g/mol. The number of methoxy groups -OCH3 is 1. The van der Waals surface area contributed by atoms with Crippen LogP contribution in [0.1, 0.15) is 21.5 Å². The summed E-state index contributed by atoms with van der Waals surface area (Å²) in [5.41, 5.74) is 3.21. The standard InChI is InChI=1S/C26H19Cl2NO4/c1-29-13-16(21-11-18(31-2)6-8-23(21)29)9-25-26(30)20-7-5-19(12-24(20)33-25)32-14-15-3-4-17(27)10-22(15)28/h3-13H,14H2,1-2H3/b25-9+. The normalized spacial score (nSPS) is 13.9. The number of halogens is 2. The number of nitrogens with zero attached hydrogens (tertiary/aromatic N) is 1. The summed E-state index contributed by atoms with van der Waals surface area (Å²) in [6.45, 7) is 0.267. The summed E-state index contributed by atoms with van der Waals surface area (Å²) >= 11 is 12.2. The van der Waals surface area contributed by atoms with Crippen LogP contribution in [0.15, 0.2) is 66.6 Å². The number of Topliss-reactive ketones (excluding diaryl/α,β-unsaturated/α-hetero) is 1. The molecule has 5 rings (SSSR count). The SMILES string of the molecule is COc1ccc2c(c1)c(/C=C1/Oc3cc(OCc4ccc(Cl)cc4Cl)ccc3C1=O)cn2C. The number of hydrogen-bond donors (Lipinski definition) is 0. The molecule has 0 unspecified atom stereocenters. The fraction of sp³-hybridized carbons (Fsp3) is 0.115.